The highest BCUT2D eigenvalue weighted by Gasteiger charge is 2.28. The van der Waals surface area contributed by atoms with Gasteiger partial charge in [0, 0.05) is 37.3 Å². The number of halogens is 1. The van der Waals surface area contributed by atoms with Gasteiger partial charge in [-0.05, 0) is 55.4 Å². The van der Waals surface area contributed by atoms with Gasteiger partial charge in [-0.25, -0.2) is 4.39 Å². The van der Waals surface area contributed by atoms with Crippen LogP contribution in [-0.4, -0.2) is 59.7 Å². The Hall–Kier alpha value is -3.30. The average molecular weight is 477 g/mol. The third kappa shape index (κ3) is 4.66. The molecular weight excluding hydrogens is 447 g/mol. The van der Waals surface area contributed by atoms with Crippen LogP contribution in [0.15, 0.2) is 40.4 Å². The van der Waals surface area contributed by atoms with Gasteiger partial charge in [-0.2, -0.15) is 9.97 Å². The Labute approximate surface area is 203 Å². The number of aromatic nitrogens is 2. The standard InChI is InChI=1S/C26H29FN6O2/c1-15-8-17-4-5-21(25(27)20(17)9-15)35-26-31-23(30-22-10-18(12-29-22)16-2-3-16)11-24(32-26)33-7-6-28-19(13-33)14-34/h4-5,9-11,16,19,28,34H,2-3,6-8,12-14H2,1H3,(H,29,30,31,32). The van der Waals surface area contributed by atoms with Gasteiger partial charge in [0.1, 0.15) is 17.5 Å². The molecule has 3 heterocycles. The molecule has 1 atom stereocenters. The van der Waals surface area contributed by atoms with Gasteiger partial charge in [0.05, 0.1) is 13.2 Å². The van der Waals surface area contributed by atoms with Gasteiger partial charge in [-0.3, -0.25) is 4.99 Å². The van der Waals surface area contributed by atoms with E-state index < -0.39 is 5.82 Å². The molecule has 2 aliphatic heterocycles. The summed E-state index contributed by atoms with van der Waals surface area (Å²) < 4.78 is 21.1. The topological polar surface area (TPSA) is 94.9 Å². The summed E-state index contributed by atoms with van der Waals surface area (Å²) in [6.45, 7) is 4.78. The molecule has 0 bridgehead atoms. The molecule has 2 aliphatic carbocycles. The van der Waals surface area contributed by atoms with Gasteiger partial charge < -0.3 is 25.4 Å². The molecule has 9 heteroatoms. The number of rotatable bonds is 6. The van der Waals surface area contributed by atoms with Gasteiger partial charge in [0.15, 0.2) is 11.6 Å². The Bertz CT molecular complexity index is 1250. The number of aliphatic hydroxyl groups excluding tert-OH is 1. The zero-order valence-corrected chi connectivity index (χ0v) is 19.7. The minimum absolute atomic E-state index is 0.0366. The van der Waals surface area contributed by atoms with Gasteiger partial charge in [0.25, 0.3) is 0 Å². The fourth-order valence-electron chi connectivity index (χ4n) is 4.89. The predicted molar refractivity (Wildman–Crippen MR) is 134 cm³/mol. The van der Waals surface area contributed by atoms with E-state index in [1.165, 1.54) is 18.4 Å². The van der Waals surface area contributed by atoms with Crippen LogP contribution in [0, 0.1) is 11.7 Å². The number of allylic oxidation sites excluding steroid dienone is 1. The molecule has 1 unspecified atom stereocenters. The lowest BCUT2D eigenvalue weighted by Gasteiger charge is -2.33. The van der Waals surface area contributed by atoms with E-state index in [4.69, 9.17) is 4.74 Å². The van der Waals surface area contributed by atoms with Crippen LogP contribution in [0.4, 0.5) is 16.0 Å². The maximum atomic E-state index is 15.2. The highest BCUT2D eigenvalue weighted by atomic mass is 19.1. The number of piperazine rings is 1. The van der Waals surface area contributed by atoms with Crippen molar-refractivity contribution in [3.63, 3.8) is 0 Å². The van der Waals surface area contributed by atoms with E-state index in [-0.39, 0.29) is 24.4 Å². The summed E-state index contributed by atoms with van der Waals surface area (Å²) in [4.78, 5) is 15.8. The summed E-state index contributed by atoms with van der Waals surface area (Å²) >= 11 is 0. The molecule has 2 aromatic rings. The Morgan fingerprint density at radius 1 is 1.26 bits per heavy atom. The molecule has 182 valence electrons. The van der Waals surface area contributed by atoms with Crippen LogP contribution in [0.3, 0.4) is 0 Å². The number of aliphatic hydroxyl groups is 1. The quantitative estimate of drug-likeness (QED) is 0.589. The number of hydrogen-bond donors (Lipinski definition) is 3. The van der Waals surface area contributed by atoms with E-state index in [9.17, 15) is 5.11 Å². The molecule has 4 aliphatic rings. The highest BCUT2D eigenvalue weighted by Crippen LogP contribution is 2.38. The molecule has 1 aromatic carbocycles. The van der Waals surface area contributed by atoms with Gasteiger partial charge >= 0.3 is 6.01 Å². The van der Waals surface area contributed by atoms with Crippen molar-refractivity contribution >= 4 is 23.5 Å². The normalized spacial score (nSPS) is 21.4. The first-order chi connectivity index (χ1) is 17.1. The van der Waals surface area contributed by atoms with E-state index >= 15 is 4.39 Å². The maximum absolute atomic E-state index is 15.2. The Balaban J connectivity index is 1.31. The third-order valence-electron chi connectivity index (χ3n) is 6.90. The zero-order chi connectivity index (χ0) is 23.9. The molecule has 1 saturated carbocycles. The van der Waals surface area contributed by atoms with Crippen LogP contribution in [-0.2, 0) is 6.42 Å². The number of fused-ring (bicyclic) bond motifs is 1. The fraction of sp³-hybridized carbons (Fsp3) is 0.423. The zero-order valence-electron chi connectivity index (χ0n) is 19.7. The molecule has 1 aromatic heterocycles. The lowest BCUT2D eigenvalue weighted by atomic mass is 10.1. The molecule has 2 fully saturated rings. The molecular formula is C26H29FN6O2. The van der Waals surface area contributed by atoms with Crippen molar-refractivity contribution in [2.75, 3.05) is 43.0 Å². The van der Waals surface area contributed by atoms with Crippen molar-refractivity contribution in [2.24, 2.45) is 10.9 Å². The Morgan fingerprint density at radius 3 is 2.97 bits per heavy atom. The highest BCUT2D eigenvalue weighted by molar-refractivity contribution is 6.05. The van der Waals surface area contributed by atoms with Crippen molar-refractivity contribution < 1.29 is 14.2 Å². The number of anilines is 2. The van der Waals surface area contributed by atoms with Gasteiger partial charge in [-0.1, -0.05) is 17.7 Å². The molecule has 8 nitrogen and oxygen atoms in total. The Morgan fingerprint density at radius 2 is 2.14 bits per heavy atom. The van der Waals surface area contributed by atoms with Crippen LogP contribution in [0.25, 0.3) is 6.08 Å². The first-order valence-corrected chi connectivity index (χ1v) is 12.2. The monoisotopic (exact) mass is 476 g/mol. The predicted octanol–water partition coefficient (Wildman–Crippen LogP) is 3.30. The van der Waals surface area contributed by atoms with E-state index in [0.29, 0.717) is 29.7 Å². The summed E-state index contributed by atoms with van der Waals surface area (Å²) in [5.41, 5.74) is 4.00. The van der Waals surface area contributed by atoms with Crippen molar-refractivity contribution in [3.8, 4) is 11.8 Å². The smallest absolute Gasteiger partial charge is 0.326 e. The van der Waals surface area contributed by atoms with Crippen LogP contribution in [0.2, 0.25) is 0 Å². The van der Waals surface area contributed by atoms with Gasteiger partial charge in [0.2, 0.25) is 0 Å². The molecule has 6 rings (SSSR count). The molecule has 0 amide bonds. The van der Waals surface area contributed by atoms with E-state index in [1.54, 1.807) is 6.07 Å². The Kier molecular flexibility index (Phi) is 5.74. The number of amidine groups is 1. The van der Waals surface area contributed by atoms with Gasteiger partial charge in [-0.15, -0.1) is 0 Å². The van der Waals surface area contributed by atoms with E-state index in [1.807, 2.05) is 25.1 Å². The SMILES string of the molecule is CC1=Cc2c(ccc(Oc3nc(NC4=NCC(C5CC5)=C4)cc(N4CCNC(CO)C4)n3)c2F)C1. The summed E-state index contributed by atoms with van der Waals surface area (Å²) in [6, 6.07) is 5.40. The second-order valence-electron chi connectivity index (χ2n) is 9.71. The summed E-state index contributed by atoms with van der Waals surface area (Å²) in [6.07, 6.45) is 7.18. The number of ether oxygens (including phenoxy) is 1. The lowest BCUT2D eigenvalue weighted by Crippen LogP contribution is -2.52. The molecule has 35 heavy (non-hydrogen) atoms. The molecule has 1 saturated heterocycles. The number of aliphatic imine (C=N–C) groups is 1. The summed E-state index contributed by atoms with van der Waals surface area (Å²) in [7, 11) is 0. The fourth-order valence-corrected chi connectivity index (χ4v) is 4.89. The van der Waals surface area contributed by atoms with E-state index in [0.717, 1.165) is 43.0 Å². The van der Waals surface area contributed by atoms with Crippen LogP contribution in [0.1, 0.15) is 30.9 Å². The number of nitrogens with one attached hydrogen (secondary N) is 2. The van der Waals surface area contributed by atoms with Crippen LogP contribution in [0.5, 0.6) is 11.8 Å². The van der Waals surface area contributed by atoms with Crippen LogP contribution < -0.4 is 20.3 Å². The summed E-state index contributed by atoms with van der Waals surface area (Å²) in [5.74, 6) is 2.31. The number of nitrogens with zero attached hydrogens (tertiary/aromatic N) is 4. The molecule has 3 N–H and O–H groups in total. The second kappa shape index (κ2) is 9.05. The van der Waals surface area contributed by atoms with Crippen molar-refractivity contribution in [3.05, 3.63) is 52.4 Å². The lowest BCUT2D eigenvalue weighted by molar-refractivity contribution is 0.235. The van der Waals surface area contributed by atoms with Crippen LogP contribution >= 0.6 is 0 Å². The third-order valence-corrected chi connectivity index (χ3v) is 6.90. The number of benzene rings is 1. The largest absolute Gasteiger partial charge is 0.421 e. The maximum Gasteiger partial charge on any atom is 0.326 e. The average Bonchev–Trinajstić information content (AvgIpc) is 3.49. The van der Waals surface area contributed by atoms with E-state index in [2.05, 4.69) is 36.6 Å². The first-order valence-electron chi connectivity index (χ1n) is 12.2. The molecule has 0 spiro atoms. The van der Waals surface area contributed by atoms with Crippen molar-refractivity contribution in [1.29, 1.82) is 0 Å². The van der Waals surface area contributed by atoms with Crippen molar-refractivity contribution in [1.82, 2.24) is 15.3 Å². The van der Waals surface area contributed by atoms with Crippen molar-refractivity contribution in [2.45, 2.75) is 32.2 Å². The summed E-state index contributed by atoms with van der Waals surface area (Å²) in [5, 5.41) is 16.2. The molecule has 0 radical (unpaired) electrons. The second-order valence-corrected chi connectivity index (χ2v) is 9.71. The minimum atomic E-state index is -0.400. The first kappa shape index (κ1) is 22.2. The minimum Gasteiger partial charge on any atom is -0.421 e. The number of hydrogen-bond acceptors (Lipinski definition) is 8.